The first kappa shape index (κ1) is 12.1. The number of nitrogens with zero attached hydrogens (tertiary/aromatic N) is 2. The number of nitrogens with one attached hydrogen (secondary N) is 3. The van der Waals surface area contributed by atoms with Crippen LogP contribution in [0, 0.1) is 6.92 Å². The lowest BCUT2D eigenvalue weighted by molar-refractivity contribution is 0.0961. The number of aryl methyl sites for hydroxylation is 1. The molecule has 0 aliphatic heterocycles. The summed E-state index contributed by atoms with van der Waals surface area (Å²) in [5, 5.41) is 9.39. The van der Waals surface area contributed by atoms with Crippen molar-refractivity contribution in [1.82, 2.24) is 25.5 Å². The molecule has 2 rings (SSSR count). The molecule has 0 aliphatic carbocycles. The van der Waals surface area contributed by atoms with Gasteiger partial charge >= 0.3 is 0 Å². The van der Waals surface area contributed by atoms with E-state index in [9.17, 15) is 4.79 Å². The quantitative estimate of drug-likeness (QED) is 0.770. The van der Waals surface area contributed by atoms with Crippen molar-refractivity contribution in [2.75, 3.05) is 0 Å². The van der Waals surface area contributed by atoms with Crippen LogP contribution in [-0.2, 0) is 0 Å². The van der Waals surface area contributed by atoms with E-state index in [1.54, 1.807) is 12.5 Å². The predicted octanol–water partition coefficient (Wildman–Crippen LogP) is 1.76. The van der Waals surface area contributed by atoms with Crippen LogP contribution < -0.4 is 5.32 Å². The molecule has 0 aliphatic rings. The largest absolute Gasteiger partial charge is 0.348 e. The summed E-state index contributed by atoms with van der Waals surface area (Å²) < 4.78 is 0. The number of hydrogen-bond acceptors (Lipinski definition) is 3. The minimum atomic E-state index is -0.222. The topological polar surface area (TPSA) is 86.5 Å². The van der Waals surface area contributed by atoms with E-state index in [1.807, 2.05) is 26.8 Å². The molecular weight excluding hydrogens is 230 g/mol. The molecule has 0 saturated heterocycles. The smallest absolute Gasteiger partial charge is 0.274 e. The van der Waals surface area contributed by atoms with Gasteiger partial charge in [0.25, 0.3) is 5.91 Å². The summed E-state index contributed by atoms with van der Waals surface area (Å²) in [6, 6.07) is 0. The third-order valence-electron chi connectivity index (χ3n) is 2.70. The Kier molecular flexibility index (Phi) is 3.27. The third kappa shape index (κ3) is 2.17. The van der Waals surface area contributed by atoms with Crippen LogP contribution in [0.1, 0.15) is 30.0 Å². The highest BCUT2D eigenvalue weighted by molar-refractivity contribution is 5.99. The van der Waals surface area contributed by atoms with Crippen LogP contribution in [0.4, 0.5) is 0 Å². The maximum atomic E-state index is 12.0. The number of aromatic nitrogens is 4. The minimum Gasteiger partial charge on any atom is -0.348 e. The Balaban J connectivity index is 2.34. The van der Waals surface area contributed by atoms with Gasteiger partial charge in [0.2, 0.25) is 0 Å². The Labute approximate surface area is 105 Å². The summed E-state index contributed by atoms with van der Waals surface area (Å²) in [6.07, 6.45) is 5.02. The summed E-state index contributed by atoms with van der Waals surface area (Å²) in [5.41, 5.74) is 3.51. The van der Waals surface area contributed by atoms with Crippen LogP contribution in [0.3, 0.4) is 0 Å². The van der Waals surface area contributed by atoms with E-state index in [4.69, 9.17) is 0 Å². The monoisotopic (exact) mass is 245 g/mol. The van der Waals surface area contributed by atoms with Gasteiger partial charge in [-0.2, -0.15) is 5.10 Å². The van der Waals surface area contributed by atoms with Gasteiger partial charge in [-0.3, -0.25) is 9.89 Å². The standard InChI is InChI=1S/C12H15N5O/c1-4-7(2)16-12(18)11-9(5-15-17-11)10-8(3)13-6-14-10/h4-6H,1-3H3,(H,13,14)(H,15,17)(H,16,18)/b7-4+. The molecule has 2 aromatic heterocycles. The Morgan fingerprint density at radius 3 is 2.89 bits per heavy atom. The highest BCUT2D eigenvalue weighted by Crippen LogP contribution is 2.22. The first-order chi connectivity index (χ1) is 8.63. The van der Waals surface area contributed by atoms with Crippen molar-refractivity contribution in [2.24, 2.45) is 0 Å². The second-order valence-corrected chi connectivity index (χ2v) is 3.96. The Morgan fingerprint density at radius 1 is 1.50 bits per heavy atom. The Morgan fingerprint density at radius 2 is 2.28 bits per heavy atom. The summed E-state index contributed by atoms with van der Waals surface area (Å²) >= 11 is 0. The zero-order chi connectivity index (χ0) is 13.1. The van der Waals surface area contributed by atoms with Gasteiger partial charge in [-0.15, -0.1) is 0 Å². The van der Waals surface area contributed by atoms with Crippen molar-refractivity contribution in [3.05, 3.63) is 35.7 Å². The first-order valence-corrected chi connectivity index (χ1v) is 5.61. The lowest BCUT2D eigenvalue weighted by atomic mass is 10.1. The first-order valence-electron chi connectivity index (χ1n) is 5.61. The van der Waals surface area contributed by atoms with Crippen molar-refractivity contribution >= 4 is 5.91 Å². The van der Waals surface area contributed by atoms with Crippen LogP contribution in [0.2, 0.25) is 0 Å². The molecule has 6 heteroatoms. The number of imidazole rings is 1. The number of amides is 1. The summed E-state index contributed by atoms with van der Waals surface area (Å²) in [7, 11) is 0. The third-order valence-corrected chi connectivity index (χ3v) is 2.70. The van der Waals surface area contributed by atoms with Gasteiger partial charge in [0.05, 0.1) is 23.8 Å². The maximum Gasteiger partial charge on any atom is 0.274 e. The van der Waals surface area contributed by atoms with Gasteiger partial charge in [-0.05, 0) is 20.8 Å². The fourth-order valence-corrected chi connectivity index (χ4v) is 1.58. The molecular formula is C12H15N5O. The van der Waals surface area contributed by atoms with Crippen LogP contribution in [-0.4, -0.2) is 26.1 Å². The predicted molar refractivity (Wildman–Crippen MR) is 67.8 cm³/mol. The van der Waals surface area contributed by atoms with Gasteiger partial charge in [-0.1, -0.05) is 6.08 Å². The van der Waals surface area contributed by atoms with E-state index < -0.39 is 0 Å². The number of aromatic amines is 2. The molecule has 0 unspecified atom stereocenters. The average Bonchev–Trinajstić information content (AvgIpc) is 2.96. The molecule has 0 radical (unpaired) electrons. The maximum absolute atomic E-state index is 12.0. The number of rotatable bonds is 3. The summed E-state index contributed by atoms with van der Waals surface area (Å²) in [6.45, 7) is 5.59. The van der Waals surface area contributed by atoms with Crippen LogP contribution in [0.15, 0.2) is 24.3 Å². The van der Waals surface area contributed by atoms with Gasteiger partial charge in [0.15, 0.2) is 0 Å². The molecule has 18 heavy (non-hydrogen) atoms. The molecule has 0 atom stereocenters. The second kappa shape index (κ2) is 4.87. The van der Waals surface area contributed by atoms with E-state index in [0.29, 0.717) is 11.3 Å². The van der Waals surface area contributed by atoms with Crippen LogP contribution in [0.25, 0.3) is 11.3 Å². The van der Waals surface area contributed by atoms with E-state index >= 15 is 0 Å². The fourth-order valence-electron chi connectivity index (χ4n) is 1.58. The van der Waals surface area contributed by atoms with Crippen LogP contribution in [0.5, 0.6) is 0 Å². The molecule has 0 bridgehead atoms. The van der Waals surface area contributed by atoms with Gasteiger partial charge in [-0.25, -0.2) is 4.98 Å². The van der Waals surface area contributed by atoms with Gasteiger partial charge in [0.1, 0.15) is 5.69 Å². The van der Waals surface area contributed by atoms with Crippen molar-refractivity contribution in [1.29, 1.82) is 0 Å². The molecule has 2 aromatic rings. The summed E-state index contributed by atoms with van der Waals surface area (Å²) in [5.74, 6) is -0.222. The minimum absolute atomic E-state index is 0.222. The molecule has 94 valence electrons. The van der Waals surface area contributed by atoms with Crippen molar-refractivity contribution in [3.8, 4) is 11.3 Å². The van der Waals surface area contributed by atoms with Gasteiger partial charge in [0, 0.05) is 11.4 Å². The second-order valence-electron chi connectivity index (χ2n) is 3.96. The Bertz CT molecular complexity index is 593. The highest BCUT2D eigenvalue weighted by atomic mass is 16.1. The zero-order valence-corrected chi connectivity index (χ0v) is 10.5. The number of carbonyl (C=O) groups is 1. The molecule has 2 heterocycles. The van der Waals surface area contributed by atoms with Crippen LogP contribution >= 0.6 is 0 Å². The van der Waals surface area contributed by atoms with Crippen molar-refractivity contribution < 1.29 is 4.79 Å². The SMILES string of the molecule is C/C=C(\C)NC(=O)c1[nH]ncc1-c1nc[nH]c1C. The van der Waals surface area contributed by atoms with E-state index in [0.717, 1.165) is 17.1 Å². The number of allylic oxidation sites excluding steroid dienone is 2. The number of H-pyrrole nitrogens is 2. The lowest BCUT2D eigenvalue weighted by Gasteiger charge is -2.04. The van der Waals surface area contributed by atoms with E-state index in [1.165, 1.54) is 0 Å². The highest BCUT2D eigenvalue weighted by Gasteiger charge is 2.18. The molecule has 1 amide bonds. The lowest BCUT2D eigenvalue weighted by Crippen LogP contribution is -2.22. The molecule has 0 spiro atoms. The molecule has 6 nitrogen and oxygen atoms in total. The van der Waals surface area contributed by atoms with E-state index in [2.05, 4.69) is 25.5 Å². The normalized spacial score (nSPS) is 11.6. The molecule has 0 fully saturated rings. The number of hydrogen-bond donors (Lipinski definition) is 3. The van der Waals surface area contributed by atoms with Crippen molar-refractivity contribution in [3.63, 3.8) is 0 Å². The van der Waals surface area contributed by atoms with Gasteiger partial charge < -0.3 is 10.3 Å². The molecule has 3 N–H and O–H groups in total. The number of carbonyl (C=O) groups excluding carboxylic acids is 1. The Hall–Kier alpha value is -2.37. The molecule has 0 saturated carbocycles. The fraction of sp³-hybridized carbons (Fsp3) is 0.250. The summed E-state index contributed by atoms with van der Waals surface area (Å²) in [4.78, 5) is 19.2. The van der Waals surface area contributed by atoms with Crippen molar-refractivity contribution in [2.45, 2.75) is 20.8 Å². The van der Waals surface area contributed by atoms with E-state index in [-0.39, 0.29) is 5.91 Å². The molecule has 0 aromatic carbocycles. The average molecular weight is 245 g/mol. The zero-order valence-electron chi connectivity index (χ0n) is 10.5.